The normalized spacial score (nSPS) is 50.4. The molecule has 0 aromatic carbocycles. The first-order chi connectivity index (χ1) is 14.4. The molecule has 178 valence electrons. The van der Waals surface area contributed by atoms with Gasteiger partial charge in [-0.1, -0.05) is 34.6 Å². The molecule has 0 spiro atoms. The first-order valence-corrected chi connectivity index (χ1v) is 12.7. The lowest BCUT2D eigenvalue weighted by Crippen LogP contribution is -2.59. The van der Waals surface area contributed by atoms with Gasteiger partial charge in [0.25, 0.3) is 0 Å². The van der Waals surface area contributed by atoms with E-state index in [0.29, 0.717) is 42.9 Å². The molecule has 0 amide bonds. The molecule has 0 radical (unpaired) electrons. The van der Waals surface area contributed by atoms with Crippen LogP contribution in [0.15, 0.2) is 0 Å². The van der Waals surface area contributed by atoms with Crippen LogP contribution in [0.2, 0.25) is 0 Å². The van der Waals surface area contributed by atoms with Crippen molar-refractivity contribution in [1.82, 2.24) is 0 Å². The summed E-state index contributed by atoms with van der Waals surface area (Å²) in [6, 6.07) is 0. The largest absolute Gasteiger partial charge is 0.390 e. The van der Waals surface area contributed by atoms with Gasteiger partial charge in [0.2, 0.25) is 0 Å². The summed E-state index contributed by atoms with van der Waals surface area (Å²) >= 11 is 0. The van der Waals surface area contributed by atoms with Gasteiger partial charge >= 0.3 is 0 Å². The predicted octanol–water partition coefficient (Wildman–Crippen LogP) is 3.17. The number of Topliss-reactive ketones (excluding diaryl/α,β-unsaturated/α-hetero) is 1. The van der Waals surface area contributed by atoms with Crippen LogP contribution in [0.5, 0.6) is 0 Å². The minimum Gasteiger partial charge on any atom is -0.390 e. The number of ketones is 1. The molecule has 4 rings (SSSR count). The molecule has 0 heterocycles. The number of aliphatic hydroxyl groups excluding tert-OH is 4. The molecule has 0 unspecified atom stereocenters. The van der Waals surface area contributed by atoms with Crippen molar-refractivity contribution in [3.63, 3.8) is 0 Å². The molecule has 0 bridgehead atoms. The lowest BCUT2D eigenvalue weighted by molar-refractivity contribution is -0.175. The monoisotopic (exact) mass is 436 g/mol. The molecule has 0 aliphatic heterocycles. The number of carbonyl (C=O) groups excluding carboxylic acids is 1. The second-order valence-corrected chi connectivity index (χ2v) is 12.5. The van der Waals surface area contributed by atoms with Gasteiger partial charge in [-0.3, -0.25) is 4.79 Å². The summed E-state index contributed by atoms with van der Waals surface area (Å²) in [7, 11) is 0. The second-order valence-electron chi connectivity index (χ2n) is 12.5. The maximum Gasteiger partial charge on any atom is 0.136 e. The number of carbonyl (C=O) groups is 1. The molecular formula is C26H44O5. The Kier molecular flexibility index (Phi) is 6.16. The molecule has 0 saturated heterocycles. The summed E-state index contributed by atoms with van der Waals surface area (Å²) in [5.74, 6) is 1.75. The van der Waals surface area contributed by atoms with E-state index in [-0.39, 0.29) is 34.4 Å². The summed E-state index contributed by atoms with van der Waals surface area (Å²) in [6.07, 6.45) is 2.84. The van der Waals surface area contributed by atoms with Crippen LogP contribution in [0.25, 0.3) is 0 Å². The highest BCUT2D eigenvalue weighted by Crippen LogP contribution is 2.67. The Balaban J connectivity index is 1.58. The van der Waals surface area contributed by atoms with Crippen molar-refractivity contribution in [2.24, 2.45) is 52.3 Å². The van der Waals surface area contributed by atoms with E-state index < -0.39 is 24.4 Å². The zero-order valence-electron chi connectivity index (χ0n) is 20.0. The number of rotatable bonds is 4. The number of fused-ring (bicyclic) bond motifs is 5. The topological polar surface area (TPSA) is 98.0 Å². The van der Waals surface area contributed by atoms with Crippen molar-refractivity contribution < 1.29 is 25.2 Å². The predicted molar refractivity (Wildman–Crippen MR) is 119 cm³/mol. The van der Waals surface area contributed by atoms with Gasteiger partial charge in [-0.25, -0.2) is 0 Å². The van der Waals surface area contributed by atoms with E-state index in [1.54, 1.807) is 0 Å². The third-order valence-corrected chi connectivity index (χ3v) is 10.8. The smallest absolute Gasteiger partial charge is 0.136 e. The molecule has 4 aliphatic rings. The SMILES string of the molecule is CC(C)[C@@H](O)[C@H](O)[C@@H](C)[C@H]1CC[C@H]2[C@@H]3CC(=O)[C@H]4C[C@H](O)[C@H](O)C[C@]4(C)[C@H]3CC[C@]12C. The van der Waals surface area contributed by atoms with Crippen LogP contribution in [0, 0.1) is 52.3 Å². The fourth-order valence-corrected chi connectivity index (χ4v) is 8.92. The summed E-state index contributed by atoms with van der Waals surface area (Å²) < 4.78 is 0. The van der Waals surface area contributed by atoms with Gasteiger partial charge in [0.05, 0.1) is 24.4 Å². The van der Waals surface area contributed by atoms with Crippen molar-refractivity contribution in [3.8, 4) is 0 Å². The fraction of sp³-hybridized carbons (Fsp3) is 0.962. The van der Waals surface area contributed by atoms with E-state index in [0.717, 1.165) is 25.7 Å². The van der Waals surface area contributed by atoms with Gasteiger partial charge in [-0.2, -0.15) is 0 Å². The van der Waals surface area contributed by atoms with Crippen molar-refractivity contribution >= 4 is 5.78 Å². The zero-order valence-corrected chi connectivity index (χ0v) is 20.0. The maximum atomic E-state index is 13.3. The molecule has 5 nitrogen and oxygen atoms in total. The highest BCUT2D eigenvalue weighted by molar-refractivity contribution is 5.83. The minimum atomic E-state index is -0.780. The number of hydrogen-bond acceptors (Lipinski definition) is 5. The third kappa shape index (κ3) is 3.53. The molecule has 12 atom stereocenters. The van der Waals surface area contributed by atoms with Crippen LogP contribution in [0.3, 0.4) is 0 Å². The Morgan fingerprint density at radius 1 is 0.903 bits per heavy atom. The molecule has 4 saturated carbocycles. The van der Waals surface area contributed by atoms with E-state index in [1.807, 2.05) is 13.8 Å². The van der Waals surface area contributed by atoms with Crippen molar-refractivity contribution in [2.75, 3.05) is 0 Å². The van der Waals surface area contributed by atoms with Crippen LogP contribution < -0.4 is 0 Å². The van der Waals surface area contributed by atoms with Crippen LogP contribution in [-0.4, -0.2) is 50.6 Å². The summed E-state index contributed by atoms with van der Waals surface area (Å²) in [5, 5.41) is 42.1. The summed E-state index contributed by atoms with van der Waals surface area (Å²) in [6.45, 7) is 10.6. The van der Waals surface area contributed by atoms with E-state index >= 15 is 0 Å². The minimum absolute atomic E-state index is 0.0261. The van der Waals surface area contributed by atoms with Crippen LogP contribution >= 0.6 is 0 Å². The Morgan fingerprint density at radius 2 is 1.55 bits per heavy atom. The summed E-state index contributed by atoms with van der Waals surface area (Å²) in [4.78, 5) is 13.3. The van der Waals surface area contributed by atoms with Crippen LogP contribution in [0.4, 0.5) is 0 Å². The first kappa shape index (κ1) is 23.7. The quantitative estimate of drug-likeness (QED) is 0.543. The third-order valence-electron chi connectivity index (χ3n) is 10.8. The van der Waals surface area contributed by atoms with Gasteiger partial charge in [-0.15, -0.1) is 0 Å². The Morgan fingerprint density at radius 3 is 2.19 bits per heavy atom. The number of hydrogen-bond donors (Lipinski definition) is 4. The molecule has 5 heteroatoms. The molecular weight excluding hydrogens is 392 g/mol. The van der Waals surface area contributed by atoms with Crippen LogP contribution in [0.1, 0.15) is 79.6 Å². The van der Waals surface area contributed by atoms with Crippen molar-refractivity contribution in [1.29, 1.82) is 0 Å². The van der Waals surface area contributed by atoms with Gasteiger partial charge in [0, 0.05) is 12.3 Å². The van der Waals surface area contributed by atoms with E-state index in [2.05, 4.69) is 20.8 Å². The molecule has 4 fully saturated rings. The maximum absolute atomic E-state index is 13.3. The molecule has 4 N–H and O–H groups in total. The zero-order chi connectivity index (χ0) is 22.9. The molecule has 31 heavy (non-hydrogen) atoms. The van der Waals surface area contributed by atoms with E-state index in [9.17, 15) is 25.2 Å². The van der Waals surface area contributed by atoms with Crippen molar-refractivity contribution in [3.05, 3.63) is 0 Å². The van der Waals surface area contributed by atoms with E-state index in [4.69, 9.17) is 0 Å². The van der Waals surface area contributed by atoms with Crippen molar-refractivity contribution in [2.45, 2.75) is 104 Å². The molecule has 0 aromatic rings. The first-order valence-electron chi connectivity index (χ1n) is 12.7. The Labute approximate surface area is 187 Å². The average molecular weight is 437 g/mol. The lowest BCUT2D eigenvalue weighted by atomic mass is 9.44. The highest BCUT2D eigenvalue weighted by Gasteiger charge is 2.63. The highest BCUT2D eigenvalue weighted by atomic mass is 16.3. The Hall–Kier alpha value is -0.490. The Bertz CT molecular complexity index is 693. The van der Waals surface area contributed by atoms with Gasteiger partial charge in [-0.05, 0) is 84.9 Å². The molecule has 0 aromatic heterocycles. The van der Waals surface area contributed by atoms with Gasteiger partial charge < -0.3 is 20.4 Å². The van der Waals surface area contributed by atoms with E-state index in [1.165, 1.54) is 0 Å². The van der Waals surface area contributed by atoms with Gasteiger partial charge in [0.15, 0.2) is 0 Å². The number of aliphatic hydroxyl groups is 4. The fourth-order valence-electron chi connectivity index (χ4n) is 8.92. The second kappa shape index (κ2) is 8.07. The van der Waals surface area contributed by atoms with Gasteiger partial charge in [0.1, 0.15) is 5.78 Å². The van der Waals surface area contributed by atoms with Crippen LogP contribution in [-0.2, 0) is 4.79 Å². The standard InChI is InChI=1S/C26H44O5/c1-13(2)23(30)24(31)14(3)16-6-7-17-15-10-20(27)19-11-21(28)22(29)12-26(19,5)18(15)8-9-25(16,17)4/h13-19,21-24,28-31H,6-12H2,1-5H3/t14-,15-,16+,17-,18-,19+,21-,22+,23+,24+,25+,26+/m0/s1. The molecule has 4 aliphatic carbocycles. The summed E-state index contributed by atoms with van der Waals surface area (Å²) in [5.41, 5.74) is -0.147. The lowest BCUT2D eigenvalue weighted by Gasteiger charge is -2.61. The average Bonchev–Trinajstić information content (AvgIpc) is 3.05.